The van der Waals surface area contributed by atoms with Crippen LogP contribution < -0.4 is 10.1 Å². The Labute approximate surface area is 146 Å². The molecule has 23 heavy (non-hydrogen) atoms. The molecular weight excluding hydrogens is 354 g/mol. The zero-order valence-corrected chi connectivity index (χ0v) is 15.5. The average Bonchev–Trinajstić information content (AvgIpc) is 2.51. The molecule has 0 saturated carbocycles. The van der Waals surface area contributed by atoms with Crippen LogP contribution in [0.2, 0.25) is 0 Å². The predicted octanol–water partition coefficient (Wildman–Crippen LogP) is 5.29. The van der Waals surface area contributed by atoms with Crippen molar-refractivity contribution >= 4 is 27.5 Å². The van der Waals surface area contributed by atoms with E-state index in [1.54, 1.807) is 6.92 Å². The van der Waals surface area contributed by atoms with Crippen molar-refractivity contribution in [1.29, 1.82) is 0 Å². The second kappa shape index (κ2) is 7.64. The lowest BCUT2D eigenvalue weighted by Gasteiger charge is -2.19. The molecule has 1 amide bonds. The Morgan fingerprint density at radius 1 is 1.09 bits per heavy atom. The number of aryl methyl sites for hydroxylation is 1. The Morgan fingerprint density at radius 2 is 1.74 bits per heavy atom. The van der Waals surface area contributed by atoms with Gasteiger partial charge in [-0.05, 0) is 55.2 Å². The van der Waals surface area contributed by atoms with Gasteiger partial charge in [0, 0.05) is 10.2 Å². The van der Waals surface area contributed by atoms with Crippen molar-refractivity contribution in [1.82, 2.24) is 0 Å². The third-order valence-electron chi connectivity index (χ3n) is 3.67. The summed E-state index contributed by atoms with van der Waals surface area (Å²) in [7, 11) is 0. The fraction of sp³-hybridized carbons (Fsp3) is 0.316. The Hall–Kier alpha value is -1.81. The molecule has 2 aromatic carbocycles. The lowest BCUT2D eigenvalue weighted by Crippen LogP contribution is -2.30. The summed E-state index contributed by atoms with van der Waals surface area (Å²) in [6.45, 7) is 7.99. The average molecular weight is 376 g/mol. The maximum Gasteiger partial charge on any atom is 0.265 e. The quantitative estimate of drug-likeness (QED) is 0.770. The molecule has 3 nitrogen and oxygen atoms in total. The van der Waals surface area contributed by atoms with Crippen molar-refractivity contribution < 1.29 is 9.53 Å². The number of benzene rings is 2. The molecule has 2 aromatic rings. The van der Waals surface area contributed by atoms with Gasteiger partial charge in [0.15, 0.2) is 6.10 Å². The van der Waals surface area contributed by atoms with Crippen LogP contribution in [0.15, 0.2) is 46.9 Å². The topological polar surface area (TPSA) is 38.3 Å². The van der Waals surface area contributed by atoms with Crippen LogP contribution in [0.4, 0.5) is 5.69 Å². The largest absolute Gasteiger partial charge is 0.481 e. The molecule has 0 aliphatic carbocycles. The van der Waals surface area contributed by atoms with Crippen LogP contribution in [0.25, 0.3) is 0 Å². The molecule has 1 N–H and O–H groups in total. The predicted molar refractivity (Wildman–Crippen MR) is 98.1 cm³/mol. The van der Waals surface area contributed by atoms with E-state index in [1.807, 2.05) is 49.4 Å². The summed E-state index contributed by atoms with van der Waals surface area (Å²) in [5.74, 6) is 0.863. The highest BCUT2D eigenvalue weighted by molar-refractivity contribution is 9.10. The van der Waals surface area contributed by atoms with E-state index < -0.39 is 6.10 Å². The van der Waals surface area contributed by atoms with E-state index in [4.69, 9.17) is 4.74 Å². The van der Waals surface area contributed by atoms with Crippen molar-refractivity contribution in [3.63, 3.8) is 0 Å². The second-order valence-electron chi connectivity index (χ2n) is 5.90. The number of ether oxygens (including phenoxy) is 1. The maximum absolute atomic E-state index is 12.5. The molecule has 0 unspecified atom stereocenters. The van der Waals surface area contributed by atoms with Gasteiger partial charge in [-0.25, -0.2) is 0 Å². The second-order valence-corrected chi connectivity index (χ2v) is 6.81. The Kier molecular flexibility index (Phi) is 5.83. The van der Waals surface area contributed by atoms with Crippen LogP contribution in [0, 0.1) is 6.92 Å². The van der Waals surface area contributed by atoms with Gasteiger partial charge in [-0.1, -0.05) is 48.0 Å². The summed E-state index contributed by atoms with van der Waals surface area (Å²) in [4.78, 5) is 12.5. The van der Waals surface area contributed by atoms with Gasteiger partial charge in [0.05, 0.1) is 0 Å². The molecule has 2 rings (SSSR count). The smallest absolute Gasteiger partial charge is 0.265 e. The van der Waals surface area contributed by atoms with Crippen molar-refractivity contribution in [3.05, 3.63) is 58.1 Å². The first-order valence-electron chi connectivity index (χ1n) is 7.71. The van der Waals surface area contributed by atoms with Crippen molar-refractivity contribution in [2.45, 2.75) is 39.7 Å². The van der Waals surface area contributed by atoms with Gasteiger partial charge in [0.25, 0.3) is 5.91 Å². The number of amides is 1. The zero-order valence-electron chi connectivity index (χ0n) is 13.9. The van der Waals surface area contributed by atoms with E-state index in [2.05, 4.69) is 35.1 Å². The minimum Gasteiger partial charge on any atom is -0.481 e. The molecule has 0 aromatic heterocycles. The third kappa shape index (κ3) is 4.58. The fourth-order valence-electron chi connectivity index (χ4n) is 2.34. The monoisotopic (exact) mass is 375 g/mol. The minimum atomic E-state index is -0.573. The molecule has 0 radical (unpaired) electrons. The lowest BCUT2D eigenvalue weighted by atomic mass is 9.98. The van der Waals surface area contributed by atoms with E-state index in [0.717, 1.165) is 21.3 Å². The number of carbonyl (C=O) groups excluding carboxylic acids is 1. The summed E-state index contributed by atoms with van der Waals surface area (Å²) in [5, 5.41) is 3.02. The maximum atomic E-state index is 12.5. The molecular formula is C19H22BrNO2. The highest BCUT2D eigenvalue weighted by Gasteiger charge is 2.18. The van der Waals surface area contributed by atoms with Gasteiger partial charge in [-0.3, -0.25) is 4.79 Å². The van der Waals surface area contributed by atoms with Crippen molar-refractivity contribution in [2.75, 3.05) is 5.32 Å². The molecule has 1 atom stereocenters. The van der Waals surface area contributed by atoms with Crippen molar-refractivity contribution in [2.24, 2.45) is 0 Å². The van der Waals surface area contributed by atoms with E-state index in [1.165, 1.54) is 0 Å². The van der Waals surface area contributed by atoms with Crippen LogP contribution >= 0.6 is 15.9 Å². The SMILES string of the molecule is Cc1cccc(C(C)C)c1NC(=O)[C@@H](C)Oc1ccc(Br)cc1. The summed E-state index contributed by atoms with van der Waals surface area (Å²) in [5.41, 5.74) is 3.08. The standard InChI is InChI=1S/C19H22BrNO2/c1-12(2)17-7-5-6-13(3)18(17)21-19(22)14(4)23-16-10-8-15(20)9-11-16/h5-12,14H,1-4H3,(H,21,22)/t14-/m1/s1. The highest BCUT2D eigenvalue weighted by atomic mass is 79.9. The Balaban J connectivity index is 2.11. The lowest BCUT2D eigenvalue weighted by molar-refractivity contribution is -0.122. The summed E-state index contributed by atoms with van der Waals surface area (Å²) in [6.07, 6.45) is -0.573. The van der Waals surface area contributed by atoms with Gasteiger partial charge in [-0.2, -0.15) is 0 Å². The van der Waals surface area contributed by atoms with Crippen LogP contribution in [0.3, 0.4) is 0 Å². The van der Waals surface area contributed by atoms with E-state index >= 15 is 0 Å². The number of halogens is 1. The Morgan fingerprint density at radius 3 is 2.35 bits per heavy atom. The molecule has 0 bridgehead atoms. The van der Waals surface area contributed by atoms with Gasteiger partial charge < -0.3 is 10.1 Å². The molecule has 0 fully saturated rings. The summed E-state index contributed by atoms with van der Waals surface area (Å²) < 4.78 is 6.69. The van der Waals surface area contributed by atoms with Crippen LogP contribution in [0.1, 0.15) is 37.8 Å². The minimum absolute atomic E-state index is 0.149. The van der Waals surface area contributed by atoms with E-state index in [9.17, 15) is 4.79 Å². The number of hydrogen-bond donors (Lipinski definition) is 1. The molecule has 0 spiro atoms. The molecule has 0 heterocycles. The first-order valence-corrected chi connectivity index (χ1v) is 8.50. The number of hydrogen-bond acceptors (Lipinski definition) is 2. The molecule has 0 saturated heterocycles. The van der Waals surface area contributed by atoms with Crippen LogP contribution in [-0.2, 0) is 4.79 Å². The number of nitrogens with one attached hydrogen (secondary N) is 1. The molecule has 0 aliphatic rings. The number of rotatable bonds is 5. The van der Waals surface area contributed by atoms with E-state index in [0.29, 0.717) is 11.7 Å². The van der Waals surface area contributed by atoms with Gasteiger partial charge in [-0.15, -0.1) is 0 Å². The van der Waals surface area contributed by atoms with Crippen LogP contribution in [-0.4, -0.2) is 12.0 Å². The fourth-order valence-corrected chi connectivity index (χ4v) is 2.60. The third-order valence-corrected chi connectivity index (χ3v) is 4.20. The van der Waals surface area contributed by atoms with E-state index in [-0.39, 0.29) is 5.91 Å². The highest BCUT2D eigenvalue weighted by Crippen LogP contribution is 2.27. The number of anilines is 1. The number of para-hydroxylation sites is 1. The first kappa shape index (κ1) is 17.5. The van der Waals surface area contributed by atoms with Gasteiger partial charge >= 0.3 is 0 Å². The number of carbonyl (C=O) groups is 1. The molecule has 0 aliphatic heterocycles. The Bertz CT molecular complexity index is 680. The zero-order chi connectivity index (χ0) is 17.0. The van der Waals surface area contributed by atoms with Crippen molar-refractivity contribution in [3.8, 4) is 5.75 Å². The summed E-state index contributed by atoms with van der Waals surface area (Å²) >= 11 is 3.38. The van der Waals surface area contributed by atoms with Crippen LogP contribution in [0.5, 0.6) is 5.75 Å². The van der Waals surface area contributed by atoms with Gasteiger partial charge in [0.2, 0.25) is 0 Å². The first-order chi connectivity index (χ1) is 10.9. The normalized spacial score (nSPS) is 12.1. The molecule has 122 valence electrons. The summed E-state index contributed by atoms with van der Waals surface area (Å²) in [6, 6.07) is 13.5. The molecule has 4 heteroatoms. The van der Waals surface area contributed by atoms with Gasteiger partial charge in [0.1, 0.15) is 5.75 Å².